The Morgan fingerprint density at radius 3 is 2.32 bits per heavy atom. The molecule has 108 valence electrons. The van der Waals surface area contributed by atoms with Crippen molar-refractivity contribution in [3.63, 3.8) is 0 Å². The summed E-state index contributed by atoms with van der Waals surface area (Å²) in [5, 5.41) is 3.38. The van der Waals surface area contributed by atoms with Crippen LogP contribution in [0.2, 0.25) is 0 Å². The smallest absolute Gasteiger partial charge is 0.0529 e. The van der Waals surface area contributed by atoms with Crippen LogP contribution in [0, 0.1) is 0 Å². The fraction of sp³-hybridized carbons (Fsp3) is 0.625. The summed E-state index contributed by atoms with van der Waals surface area (Å²) in [6, 6.07) is 8.74. The lowest BCUT2D eigenvalue weighted by Crippen LogP contribution is -2.25. The number of benzene rings is 1. The number of nitrogens with one attached hydrogen (secondary N) is 1. The highest BCUT2D eigenvalue weighted by Gasteiger charge is 2.06. The minimum Gasteiger partial charge on any atom is -0.315 e. The molecule has 0 aliphatic rings. The molecule has 0 radical (unpaired) electrons. The second-order valence-electron chi connectivity index (χ2n) is 5.37. The first-order valence-corrected chi connectivity index (χ1v) is 8.58. The van der Waals surface area contributed by atoms with Gasteiger partial charge in [-0.15, -0.1) is 0 Å². The highest BCUT2D eigenvalue weighted by Crippen LogP contribution is 2.17. The van der Waals surface area contributed by atoms with Crippen LogP contribution in [0.15, 0.2) is 29.2 Å². The van der Waals surface area contributed by atoms with E-state index in [0.717, 1.165) is 30.0 Å². The summed E-state index contributed by atoms with van der Waals surface area (Å²) in [5.41, 5.74) is 1.31. The van der Waals surface area contributed by atoms with Gasteiger partial charge >= 0.3 is 0 Å². The average molecular weight is 281 g/mol. The van der Waals surface area contributed by atoms with Gasteiger partial charge in [0.25, 0.3) is 0 Å². The van der Waals surface area contributed by atoms with Crippen LogP contribution in [0.1, 0.15) is 52.0 Å². The van der Waals surface area contributed by atoms with E-state index in [4.69, 9.17) is 0 Å². The third-order valence-electron chi connectivity index (χ3n) is 3.33. The molecule has 0 aliphatic heterocycles. The van der Waals surface area contributed by atoms with E-state index in [9.17, 15) is 4.21 Å². The molecule has 0 bridgehead atoms. The molecule has 1 rings (SSSR count). The molecule has 1 aromatic rings. The Morgan fingerprint density at radius 1 is 1.16 bits per heavy atom. The van der Waals surface area contributed by atoms with Crippen molar-refractivity contribution in [1.29, 1.82) is 0 Å². The van der Waals surface area contributed by atoms with Crippen LogP contribution in [-0.4, -0.2) is 22.5 Å². The fourth-order valence-electron chi connectivity index (χ4n) is 2.09. The lowest BCUT2D eigenvalue weighted by molar-refractivity contribution is 0.525. The van der Waals surface area contributed by atoms with Crippen LogP contribution in [-0.2, 0) is 10.8 Å². The van der Waals surface area contributed by atoms with Gasteiger partial charge < -0.3 is 5.32 Å². The molecule has 0 saturated carbocycles. The molecule has 19 heavy (non-hydrogen) atoms. The minimum absolute atomic E-state index is 0.519. The van der Waals surface area contributed by atoms with Gasteiger partial charge in [-0.3, -0.25) is 4.21 Å². The van der Waals surface area contributed by atoms with Crippen LogP contribution in [0.3, 0.4) is 0 Å². The summed E-state index contributed by atoms with van der Waals surface area (Å²) >= 11 is 0. The Labute approximate surface area is 120 Å². The normalized spacial score (nSPS) is 14.6. The molecule has 2 atom stereocenters. The van der Waals surface area contributed by atoms with Gasteiger partial charge in [0.15, 0.2) is 0 Å². The van der Waals surface area contributed by atoms with Crippen molar-refractivity contribution >= 4 is 10.8 Å². The Kier molecular flexibility index (Phi) is 7.32. The molecular formula is C16H27NOS. The third kappa shape index (κ3) is 5.87. The quantitative estimate of drug-likeness (QED) is 0.787. The van der Waals surface area contributed by atoms with Gasteiger partial charge in [-0.25, -0.2) is 0 Å². The van der Waals surface area contributed by atoms with E-state index >= 15 is 0 Å². The Balaban J connectivity index is 2.41. The molecule has 2 nitrogen and oxygen atoms in total. The zero-order chi connectivity index (χ0) is 14.3. The van der Waals surface area contributed by atoms with Gasteiger partial charge in [-0.1, -0.05) is 32.9 Å². The fourth-order valence-corrected chi connectivity index (χ4v) is 3.20. The lowest BCUT2D eigenvalue weighted by Gasteiger charge is -2.11. The van der Waals surface area contributed by atoms with Gasteiger partial charge in [-0.2, -0.15) is 0 Å². The molecule has 0 amide bonds. The molecule has 3 heteroatoms. The molecule has 0 spiro atoms. The van der Waals surface area contributed by atoms with Gasteiger partial charge in [0, 0.05) is 16.7 Å². The summed E-state index contributed by atoms with van der Waals surface area (Å²) in [4.78, 5) is 0.959. The maximum atomic E-state index is 12.2. The average Bonchev–Trinajstić information content (AvgIpc) is 2.39. The highest BCUT2D eigenvalue weighted by molar-refractivity contribution is 7.85. The number of hydrogen-bond donors (Lipinski definition) is 1. The zero-order valence-electron chi connectivity index (χ0n) is 12.6. The topological polar surface area (TPSA) is 29.1 Å². The van der Waals surface area contributed by atoms with E-state index in [1.807, 2.05) is 12.1 Å². The first-order chi connectivity index (χ1) is 9.04. The predicted molar refractivity (Wildman–Crippen MR) is 84.2 cm³/mol. The summed E-state index contributed by atoms with van der Waals surface area (Å²) < 4.78 is 12.2. The van der Waals surface area contributed by atoms with Crippen LogP contribution in [0.5, 0.6) is 0 Å². The van der Waals surface area contributed by atoms with E-state index in [1.165, 1.54) is 5.56 Å². The van der Waals surface area contributed by atoms with Gasteiger partial charge in [0.05, 0.1) is 10.8 Å². The number of rotatable bonds is 8. The highest BCUT2D eigenvalue weighted by atomic mass is 32.2. The largest absolute Gasteiger partial charge is 0.315 e. The molecule has 1 aromatic carbocycles. The Hall–Kier alpha value is -0.670. The molecular weight excluding hydrogens is 254 g/mol. The molecule has 0 aromatic heterocycles. The lowest BCUT2D eigenvalue weighted by atomic mass is 10.0. The monoisotopic (exact) mass is 281 g/mol. The summed E-state index contributed by atoms with van der Waals surface area (Å²) in [5.74, 6) is 1.29. The van der Waals surface area contributed by atoms with Crippen molar-refractivity contribution in [2.45, 2.75) is 57.4 Å². The molecule has 1 N–H and O–H groups in total. The van der Waals surface area contributed by atoms with E-state index in [-0.39, 0.29) is 0 Å². The second-order valence-corrected chi connectivity index (χ2v) is 6.95. The van der Waals surface area contributed by atoms with Crippen LogP contribution in [0.4, 0.5) is 0 Å². The van der Waals surface area contributed by atoms with Crippen molar-refractivity contribution in [3.05, 3.63) is 29.8 Å². The zero-order valence-corrected chi connectivity index (χ0v) is 13.4. The minimum atomic E-state index is -0.853. The third-order valence-corrected chi connectivity index (χ3v) is 4.79. The Morgan fingerprint density at radius 2 is 1.79 bits per heavy atom. The SMILES string of the molecule is CCNC(C)CCCS(=O)c1ccc(C(C)C)cc1. The van der Waals surface area contributed by atoms with E-state index in [0.29, 0.717) is 12.0 Å². The van der Waals surface area contributed by atoms with E-state index in [2.05, 4.69) is 45.1 Å². The van der Waals surface area contributed by atoms with Crippen LogP contribution < -0.4 is 5.32 Å². The van der Waals surface area contributed by atoms with E-state index < -0.39 is 10.8 Å². The van der Waals surface area contributed by atoms with Gasteiger partial charge in [0.2, 0.25) is 0 Å². The number of hydrogen-bond acceptors (Lipinski definition) is 2. The molecule has 0 fully saturated rings. The molecule has 0 saturated heterocycles. The van der Waals surface area contributed by atoms with Gasteiger partial charge in [0.1, 0.15) is 0 Å². The summed E-state index contributed by atoms with van der Waals surface area (Å²) in [7, 11) is -0.853. The summed E-state index contributed by atoms with van der Waals surface area (Å²) in [6.07, 6.45) is 2.09. The van der Waals surface area contributed by atoms with Crippen molar-refractivity contribution < 1.29 is 4.21 Å². The van der Waals surface area contributed by atoms with Crippen molar-refractivity contribution in [2.75, 3.05) is 12.3 Å². The maximum absolute atomic E-state index is 12.2. The summed E-state index contributed by atoms with van der Waals surface area (Å²) in [6.45, 7) is 9.65. The predicted octanol–water partition coefficient (Wildman–Crippen LogP) is 3.70. The first kappa shape index (κ1) is 16.4. The van der Waals surface area contributed by atoms with Crippen molar-refractivity contribution in [3.8, 4) is 0 Å². The first-order valence-electron chi connectivity index (χ1n) is 7.26. The second kappa shape index (κ2) is 8.49. The molecule has 2 unspecified atom stereocenters. The van der Waals surface area contributed by atoms with Crippen LogP contribution in [0.25, 0.3) is 0 Å². The maximum Gasteiger partial charge on any atom is 0.0529 e. The van der Waals surface area contributed by atoms with Crippen molar-refractivity contribution in [2.24, 2.45) is 0 Å². The van der Waals surface area contributed by atoms with Crippen molar-refractivity contribution in [1.82, 2.24) is 5.32 Å². The molecule has 0 aliphatic carbocycles. The molecule has 0 heterocycles. The van der Waals surface area contributed by atoms with Crippen LogP contribution >= 0.6 is 0 Å². The Bertz CT molecular complexity index is 386. The van der Waals surface area contributed by atoms with Gasteiger partial charge in [-0.05, 0) is 49.9 Å². The standard InChI is InChI=1S/C16H27NOS/c1-5-17-14(4)7-6-12-19(18)16-10-8-15(9-11-16)13(2)3/h8-11,13-14,17H,5-7,12H2,1-4H3. The van der Waals surface area contributed by atoms with E-state index in [1.54, 1.807) is 0 Å².